The van der Waals surface area contributed by atoms with Crippen LogP contribution in [0.25, 0.3) is 0 Å². The van der Waals surface area contributed by atoms with E-state index in [2.05, 4.69) is 37.7 Å². The summed E-state index contributed by atoms with van der Waals surface area (Å²) in [5.74, 6) is 1.07. The third-order valence-electron chi connectivity index (χ3n) is 5.78. The van der Waals surface area contributed by atoms with Crippen molar-refractivity contribution in [3.05, 3.63) is 59.5 Å². The molecule has 4 rings (SSSR count). The number of piperidine rings is 1. The summed E-state index contributed by atoms with van der Waals surface area (Å²) < 4.78 is 11.4. The molecule has 0 spiro atoms. The van der Waals surface area contributed by atoms with Gasteiger partial charge in [-0.15, -0.1) is 0 Å². The molecule has 3 aromatic heterocycles. The van der Waals surface area contributed by atoms with Crippen molar-refractivity contribution in [2.75, 3.05) is 30.8 Å². The van der Waals surface area contributed by atoms with Crippen molar-refractivity contribution < 1.29 is 14.1 Å². The van der Waals surface area contributed by atoms with E-state index in [1.54, 1.807) is 30.6 Å². The maximum absolute atomic E-state index is 12.9. The zero-order valence-corrected chi connectivity index (χ0v) is 20.2. The summed E-state index contributed by atoms with van der Waals surface area (Å²) in [5, 5.41) is 10.1. The lowest BCUT2D eigenvalue weighted by molar-refractivity contribution is 0.102. The SMILES string of the molecule is CN1CCC(Oc2cc(CNc3ncccc3C(=O)Nc3cc(C(C)(C)C)no3)ccn2)CC1. The first kappa shape index (κ1) is 23.7. The Morgan fingerprint density at radius 1 is 1.18 bits per heavy atom. The molecule has 9 nitrogen and oxygen atoms in total. The Kier molecular flexibility index (Phi) is 7.12. The first-order valence-electron chi connectivity index (χ1n) is 11.6. The van der Waals surface area contributed by atoms with Gasteiger partial charge in [-0.1, -0.05) is 25.9 Å². The minimum atomic E-state index is -0.326. The van der Waals surface area contributed by atoms with E-state index in [1.165, 1.54) is 0 Å². The van der Waals surface area contributed by atoms with Gasteiger partial charge in [-0.05, 0) is 43.7 Å². The van der Waals surface area contributed by atoms with Crippen molar-refractivity contribution in [2.45, 2.75) is 51.7 Å². The second kappa shape index (κ2) is 10.2. The Morgan fingerprint density at radius 3 is 2.71 bits per heavy atom. The number of hydrogen-bond donors (Lipinski definition) is 2. The predicted molar refractivity (Wildman–Crippen MR) is 130 cm³/mol. The molecule has 1 saturated heterocycles. The lowest BCUT2D eigenvalue weighted by atomic mass is 9.92. The molecule has 0 radical (unpaired) electrons. The fraction of sp³-hybridized carbons (Fsp3) is 0.440. The zero-order chi connectivity index (χ0) is 24.1. The number of nitrogens with zero attached hydrogens (tertiary/aromatic N) is 4. The monoisotopic (exact) mass is 464 g/mol. The van der Waals surface area contributed by atoms with Crippen LogP contribution in [0.4, 0.5) is 11.7 Å². The molecule has 1 aliphatic rings. The molecule has 0 unspecified atom stereocenters. The van der Waals surface area contributed by atoms with Crippen molar-refractivity contribution in [3.63, 3.8) is 0 Å². The molecule has 0 saturated carbocycles. The van der Waals surface area contributed by atoms with E-state index in [-0.39, 0.29) is 17.4 Å². The summed E-state index contributed by atoms with van der Waals surface area (Å²) in [5.41, 5.74) is 1.99. The lowest BCUT2D eigenvalue weighted by Gasteiger charge is -2.29. The highest BCUT2D eigenvalue weighted by atomic mass is 16.5. The number of hydrogen-bond acceptors (Lipinski definition) is 8. The molecule has 0 atom stereocenters. The number of carbonyl (C=O) groups is 1. The molecule has 0 bridgehead atoms. The molecule has 1 aliphatic heterocycles. The van der Waals surface area contributed by atoms with E-state index in [1.807, 2.05) is 32.9 Å². The van der Waals surface area contributed by atoms with Gasteiger partial charge < -0.3 is 19.5 Å². The highest BCUT2D eigenvalue weighted by molar-refractivity contribution is 6.06. The number of pyridine rings is 2. The highest BCUT2D eigenvalue weighted by Crippen LogP contribution is 2.24. The fourth-order valence-electron chi connectivity index (χ4n) is 3.68. The van der Waals surface area contributed by atoms with Crippen LogP contribution in [0, 0.1) is 0 Å². The van der Waals surface area contributed by atoms with Crippen molar-refractivity contribution in [1.29, 1.82) is 0 Å². The number of rotatable bonds is 7. The molecule has 180 valence electrons. The van der Waals surface area contributed by atoms with Crippen LogP contribution in [0.2, 0.25) is 0 Å². The fourth-order valence-corrected chi connectivity index (χ4v) is 3.68. The molecular formula is C25H32N6O3. The van der Waals surface area contributed by atoms with Gasteiger partial charge in [-0.25, -0.2) is 9.97 Å². The van der Waals surface area contributed by atoms with Crippen molar-refractivity contribution in [1.82, 2.24) is 20.0 Å². The number of nitrogens with one attached hydrogen (secondary N) is 2. The van der Waals surface area contributed by atoms with Crippen LogP contribution in [-0.4, -0.2) is 52.2 Å². The second-order valence-corrected chi connectivity index (χ2v) is 9.66. The summed E-state index contributed by atoms with van der Waals surface area (Å²) in [7, 11) is 2.13. The minimum Gasteiger partial charge on any atom is -0.474 e. The summed E-state index contributed by atoms with van der Waals surface area (Å²) in [4.78, 5) is 23.9. The molecule has 0 aliphatic carbocycles. The van der Waals surface area contributed by atoms with Crippen LogP contribution in [0.3, 0.4) is 0 Å². The first-order chi connectivity index (χ1) is 16.3. The number of amides is 1. The highest BCUT2D eigenvalue weighted by Gasteiger charge is 2.21. The lowest BCUT2D eigenvalue weighted by Crippen LogP contribution is -2.35. The van der Waals surface area contributed by atoms with Crippen LogP contribution >= 0.6 is 0 Å². The largest absolute Gasteiger partial charge is 0.474 e. The van der Waals surface area contributed by atoms with Gasteiger partial charge in [0.1, 0.15) is 11.9 Å². The Balaban J connectivity index is 1.39. The van der Waals surface area contributed by atoms with Gasteiger partial charge in [-0.3, -0.25) is 10.1 Å². The average Bonchev–Trinajstić information content (AvgIpc) is 3.29. The average molecular weight is 465 g/mol. The van der Waals surface area contributed by atoms with E-state index >= 15 is 0 Å². The number of likely N-dealkylation sites (tertiary alicyclic amines) is 1. The quantitative estimate of drug-likeness (QED) is 0.538. The van der Waals surface area contributed by atoms with Crippen LogP contribution in [0.5, 0.6) is 5.88 Å². The summed E-state index contributed by atoms with van der Waals surface area (Å²) >= 11 is 0. The number of anilines is 2. The second-order valence-electron chi connectivity index (χ2n) is 9.66. The number of ether oxygens (including phenoxy) is 1. The van der Waals surface area contributed by atoms with Gasteiger partial charge in [0, 0.05) is 49.6 Å². The molecule has 4 heterocycles. The number of carbonyl (C=O) groups excluding carboxylic acids is 1. The molecular weight excluding hydrogens is 432 g/mol. The van der Waals surface area contributed by atoms with Crippen molar-refractivity contribution in [3.8, 4) is 5.88 Å². The minimum absolute atomic E-state index is 0.173. The molecule has 1 fully saturated rings. The van der Waals surface area contributed by atoms with Crippen molar-refractivity contribution in [2.24, 2.45) is 0 Å². The van der Waals surface area contributed by atoms with Crippen molar-refractivity contribution >= 4 is 17.6 Å². The van der Waals surface area contributed by atoms with Gasteiger partial charge >= 0.3 is 0 Å². The molecule has 1 amide bonds. The molecule has 34 heavy (non-hydrogen) atoms. The van der Waals surface area contributed by atoms with E-state index in [0.29, 0.717) is 29.7 Å². The Morgan fingerprint density at radius 2 is 1.97 bits per heavy atom. The van der Waals surface area contributed by atoms with E-state index < -0.39 is 0 Å². The van der Waals surface area contributed by atoms with Gasteiger partial charge in [0.05, 0.1) is 11.3 Å². The third-order valence-corrected chi connectivity index (χ3v) is 5.78. The van der Waals surface area contributed by atoms with Crippen LogP contribution in [0.1, 0.15) is 55.2 Å². The van der Waals surface area contributed by atoms with E-state index in [0.717, 1.165) is 37.2 Å². The summed E-state index contributed by atoms with van der Waals surface area (Å²) in [6.45, 7) is 8.62. The Bertz CT molecular complexity index is 1120. The van der Waals surface area contributed by atoms with Crippen LogP contribution in [0.15, 0.2) is 47.2 Å². The molecule has 2 N–H and O–H groups in total. The normalized spacial score (nSPS) is 15.2. The van der Waals surface area contributed by atoms with E-state index in [4.69, 9.17) is 9.26 Å². The molecule has 3 aromatic rings. The molecule has 9 heteroatoms. The standard InChI is InChI=1S/C25H32N6O3/c1-25(2,3)20-15-22(34-30-20)29-24(32)19-6-5-10-27-23(19)28-16-17-7-11-26-21(14-17)33-18-8-12-31(4)13-9-18/h5-7,10-11,14-15,18H,8-9,12-13,16H2,1-4H3,(H,27,28)(H,29,32). The Hall–Kier alpha value is -3.46. The third kappa shape index (κ3) is 6.11. The summed E-state index contributed by atoms with van der Waals surface area (Å²) in [6.07, 6.45) is 5.56. The molecule has 0 aromatic carbocycles. The zero-order valence-electron chi connectivity index (χ0n) is 20.2. The number of aromatic nitrogens is 3. The van der Waals surface area contributed by atoms with Gasteiger partial charge in [0.15, 0.2) is 0 Å². The maximum Gasteiger partial charge on any atom is 0.261 e. The predicted octanol–water partition coefficient (Wildman–Crippen LogP) is 4.10. The van der Waals surface area contributed by atoms with Gasteiger partial charge in [-0.2, -0.15) is 0 Å². The Labute approximate surface area is 199 Å². The topological polar surface area (TPSA) is 105 Å². The van der Waals surface area contributed by atoms with Crippen LogP contribution < -0.4 is 15.4 Å². The van der Waals surface area contributed by atoms with Gasteiger partial charge in [0.25, 0.3) is 5.91 Å². The van der Waals surface area contributed by atoms with Gasteiger partial charge in [0.2, 0.25) is 11.8 Å². The maximum atomic E-state index is 12.9. The van der Waals surface area contributed by atoms with Crippen LogP contribution in [-0.2, 0) is 12.0 Å². The summed E-state index contributed by atoms with van der Waals surface area (Å²) in [6, 6.07) is 9.02. The smallest absolute Gasteiger partial charge is 0.261 e. The first-order valence-corrected chi connectivity index (χ1v) is 11.6. The van der Waals surface area contributed by atoms with E-state index in [9.17, 15) is 4.79 Å².